The number of rotatable bonds is 12. The summed E-state index contributed by atoms with van der Waals surface area (Å²) in [4.78, 5) is 23.4. The standard InChI is InChI=1S/C25H36O2/c1-20-19-25(27)24(18-11-4-3-7-13-21(2)26)23(20)17-12-6-10-16-22-14-8-5-9-15-22/h4-5,8-9,11,14-15,20,23-24H,3,6-7,10,12-13,16-19H2,1-2H3. The first kappa shape index (κ1) is 21.6. The maximum atomic E-state index is 12.4. The number of benzene rings is 1. The van der Waals surface area contributed by atoms with Crippen LogP contribution in [0, 0.1) is 17.8 Å². The minimum absolute atomic E-state index is 0.221. The highest BCUT2D eigenvalue weighted by Crippen LogP contribution is 2.39. The van der Waals surface area contributed by atoms with Gasteiger partial charge in [0, 0.05) is 18.8 Å². The summed E-state index contributed by atoms with van der Waals surface area (Å²) >= 11 is 0. The lowest BCUT2D eigenvalue weighted by molar-refractivity contribution is -0.121. The molecule has 1 fully saturated rings. The van der Waals surface area contributed by atoms with Crippen molar-refractivity contribution in [1.82, 2.24) is 0 Å². The van der Waals surface area contributed by atoms with Crippen LogP contribution in [0.3, 0.4) is 0 Å². The van der Waals surface area contributed by atoms with Crippen LogP contribution in [0.5, 0.6) is 0 Å². The molecule has 0 bridgehead atoms. The van der Waals surface area contributed by atoms with Crippen LogP contribution in [0.25, 0.3) is 0 Å². The number of allylic oxidation sites excluding steroid dienone is 2. The molecule has 0 spiro atoms. The van der Waals surface area contributed by atoms with Crippen molar-refractivity contribution < 1.29 is 9.59 Å². The van der Waals surface area contributed by atoms with Gasteiger partial charge in [0.2, 0.25) is 0 Å². The van der Waals surface area contributed by atoms with E-state index in [0.717, 1.165) is 32.1 Å². The number of carbonyl (C=O) groups is 2. The molecule has 0 aromatic heterocycles. The molecule has 27 heavy (non-hydrogen) atoms. The minimum Gasteiger partial charge on any atom is -0.300 e. The van der Waals surface area contributed by atoms with E-state index in [-0.39, 0.29) is 11.7 Å². The minimum atomic E-state index is 0.221. The molecule has 1 aliphatic rings. The van der Waals surface area contributed by atoms with E-state index in [4.69, 9.17) is 0 Å². The number of hydrogen-bond acceptors (Lipinski definition) is 2. The van der Waals surface area contributed by atoms with Crippen molar-refractivity contribution in [3.05, 3.63) is 48.0 Å². The van der Waals surface area contributed by atoms with E-state index >= 15 is 0 Å². The largest absolute Gasteiger partial charge is 0.300 e. The first-order chi connectivity index (χ1) is 13.1. The third-order valence-corrected chi connectivity index (χ3v) is 5.99. The van der Waals surface area contributed by atoms with Crippen LogP contribution >= 0.6 is 0 Å². The molecule has 0 heterocycles. The third kappa shape index (κ3) is 7.82. The van der Waals surface area contributed by atoms with Gasteiger partial charge in [0.25, 0.3) is 0 Å². The van der Waals surface area contributed by atoms with Crippen LogP contribution in [-0.2, 0) is 16.0 Å². The van der Waals surface area contributed by atoms with Crippen LogP contribution in [0.15, 0.2) is 42.5 Å². The van der Waals surface area contributed by atoms with Crippen molar-refractivity contribution >= 4 is 11.6 Å². The number of aryl methyl sites for hydroxylation is 1. The van der Waals surface area contributed by atoms with Gasteiger partial charge in [0.15, 0.2) is 0 Å². The zero-order valence-corrected chi connectivity index (χ0v) is 17.2. The molecule has 0 radical (unpaired) electrons. The number of ketones is 2. The van der Waals surface area contributed by atoms with E-state index in [1.165, 1.54) is 31.2 Å². The fraction of sp³-hybridized carbons (Fsp3) is 0.600. The van der Waals surface area contributed by atoms with Gasteiger partial charge in [-0.25, -0.2) is 0 Å². The van der Waals surface area contributed by atoms with Crippen molar-refractivity contribution in [1.29, 1.82) is 0 Å². The monoisotopic (exact) mass is 368 g/mol. The molecule has 1 aliphatic carbocycles. The Morgan fingerprint density at radius 2 is 1.85 bits per heavy atom. The Bertz CT molecular complexity index is 602. The van der Waals surface area contributed by atoms with E-state index in [1.807, 2.05) is 0 Å². The van der Waals surface area contributed by atoms with Gasteiger partial charge < -0.3 is 4.79 Å². The molecule has 1 aromatic carbocycles. The molecule has 3 unspecified atom stereocenters. The zero-order chi connectivity index (χ0) is 19.5. The van der Waals surface area contributed by atoms with E-state index < -0.39 is 0 Å². The molecule has 2 nitrogen and oxygen atoms in total. The molecule has 3 atom stereocenters. The average molecular weight is 369 g/mol. The second kappa shape index (κ2) is 11.9. The van der Waals surface area contributed by atoms with Crippen molar-refractivity contribution in [2.45, 2.75) is 78.1 Å². The van der Waals surface area contributed by atoms with Gasteiger partial charge in [-0.1, -0.05) is 62.2 Å². The summed E-state index contributed by atoms with van der Waals surface area (Å²) in [7, 11) is 0. The van der Waals surface area contributed by atoms with Crippen LogP contribution in [-0.4, -0.2) is 11.6 Å². The van der Waals surface area contributed by atoms with Gasteiger partial charge in [0.05, 0.1) is 0 Å². The Hall–Kier alpha value is -1.70. The Morgan fingerprint density at radius 1 is 1.07 bits per heavy atom. The normalized spacial score (nSPS) is 22.6. The predicted molar refractivity (Wildman–Crippen MR) is 113 cm³/mol. The molecule has 0 aliphatic heterocycles. The smallest absolute Gasteiger partial charge is 0.136 e. The summed E-state index contributed by atoms with van der Waals surface area (Å²) in [5, 5.41) is 0. The van der Waals surface area contributed by atoms with Gasteiger partial charge in [-0.3, -0.25) is 4.79 Å². The molecule has 2 heteroatoms. The van der Waals surface area contributed by atoms with Crippen molar-refractivity contribution in [2.24, 2.45) is 17.8 Å². The Labute approximate surface area is 165 Å². The highest BCUT2D eigenvalue weighted by Gasteiger charge is 2.38. The maximum Gasteiger partial charge on any atom is 0.136 e. The Balaban J connectivity index is 1.68. The second-order valence-corrected chi connectivity index (χ2v) is 8.30. The molecule has 0 amide bonds. The van der Waals surface area contributed by atoms with Crippen LogP contribution < -0.4 is 0 Å². The summed E-state index contributed by atoms with van der Waals surface area (Å²) < 4.78 is 0. The number of hydrogen-bond donors (Lipinski definition) is 0. The number of Topliss-reactive ketones (excluding diaryl/α,β-unsaturated/α-hetero) is 2. The predicted octanol–water partition coefficient (Wildman–Crippen LogP) is 6.34. The highest BCUT2D eigenvalue weighted by atomic mass is 16.1. The molecule has 1 aromatic rings. The van der Waals surface area contributed by atoms with E-state index in [1.54, 1.807) is 6.92 Å². The van der Waals surface area contributed by atoms with E-state index in [0.29, 0.717) is 24.0 Å². The average Bonchev–Trinajstić information content (AvgIpc) is 2.91. The lowest BCUT2D eigenvalue weighted by atomic mass is 9.83. The lowest BCUT2D eigenvalue weighted by Gasteiger charge is -2.20. The highest BCUT2D eigenvalue weighted by molar-refractivity contribution is 5.84. The zero-order valence-electron chi connectivity index (χ0n) is 17.2. The Kier molecular flexibility index (Phi) is 9.52. The number of carbonyl (C=O) groups excluding carboxylic acids is 2. The Morgan fingerprint density at radius 3 is 2.59 bits per heavy atom. The van der Waals surface area contributed by atoms with Crippen LogP contribution in [0.2, 0.25) is 0 Å². The van der Waals surface area contributed by atoms with Crippen molar-refractivity contribution in [3.63, 3.8) is 0 Å². The topological polar surface area (TPSA) is 34.1 Å². The SMILES string of the molecule is CC(=O)CCCC=CCC1C(=O)CC(C)C1CCCCCc1ccccc1. The molecule has 2 rings (SSSR count). The summed E-state index contributed by atoms with van der Waals surface area (Å²) in [6.07, 6.45) is 14.6. The quantitative estimate of drug-likeness (QED) is 0.319. The second-order valence-electron chi connectivity index (χ2n) is 8.30. The molecule has 0 N–H and O–H groups in total. The lowest BCUT2D eigenvalue weighted by Crippen LogP contribution is -2.16. The van der Waals surface area contributed by atoms with Gasteiger partial charge in [-0.05, 0) is 62.8 Å². The van der Waals surface area contributed by atoms with E-state index in [2.05, 4.69) is 49.4 Å². The van der Waals surface area contributed by atoms with Crippen molar-refractivity contribution in [2.75, 3.05) is 0 Å². The molecule has 0 saturated heterocycles. The molecule has 148 valence electrons. The summed E-state index contributed by atoms with van der Waals surface area (Å²) in [5.74, 6) is 2.03. The number of unbranched alkanes of at least 4 members (excludes halogenated alkanes) is 3. The molecular formula is C25H36O2. The molecular weight excluding hydrogens is 332 g/mol. The summed E-state index contributed by atoms with van der Waals surface area (Å²) in [5.41, 5.74) is 1.43. The maximum absolute atomic E-state index is 12.4. The fourth-order valence-corrected chi connectivity index (χ4v) is 4.41. The third-order valence-electron chi connectivity index (χ3n) is 5.99. The first-order valence-electron chi connectivity index (χ1n) is 10.8. The van der Waals surface area contributed by atoms with E-state index in [9.17, 15) is 9.59 Å². The summed E-state index contributed by atoms with van der Waals surface area (Å²) in [6, 6.07) is 10.7. The van der Waals surface area contributed by atoms with Gasteiger partial charge >= 0.3 is 0 Å². The van der Waals surface area contributed by atoms with Crippen LogP contribution in [0.4, 0.5) is 0 Å². The van der Waals surface area contributed by atoms with Gasteiger partial charge in [-0.15, -0.1) is 0 Å². The first-order valence-corrected chi connectivity index (χ1v) is 10.8. The van der Waals surface area contributed by atoms with Crippen molar-refractivity contribution in [3.8, 4) is 0 Å². The fourth-order valence-electron chi connectivity index (χ4n) is 4.41. The van der Waals surface area contributed by atoms with Gasteiger partial charge in [-0.2, -0.15) is 0 Å². The summed E-state index contributed by atoms with van der Waals surface area (Å²) in [6.45, 7) is 3.90. The van der Waals surface area contributed by atoms with Crippen LogP contribution in [0.1, 0.15) is 77.2 Å². The molecule has 1 saturated carbocycles. The van der Waals surface area contributed by atoms with Gasteiger partial charge in [0.1, 0.15) is 11.6 Å².